The molecule has 0 aromatic carbocycles. The highest BCUT2D eigenvalue weighted by molar-refractivity contribution is 4.76. The molecule has 0 saturated heterocycles. The predicted octanol–water partition coefficient (Wildman–Crippen LogP) is 2.03. The van der Waals surface area contributed by atoms with Crippen molar-refractivity contribution in [3.05, 3.63) is 0 Å². The first-order chi connectivity index (χ1) is 4.83. The van der Waals surface area contributed by atoms with E-state index < -0.39 is 0 Å². The summed E-state index contributed by atoms with van der Waals surface area (Å²) in [5, 5.41) is 3.36. The summed E-state index contributed by atoms with van der Waals surface area (Å²) in [7, 11) is 0. The van der Waals surface area contributed by atoms with Crippen molar-refractivity contribution in [2.24, 2.45) is 11.8 Å². The molecule has 1 heteroatoms. The van der Waals surface area contributed by atoms with Crippen LogP contribution in [0.3, 0.4) is 0 Å². The maximum absolute atomic E-state index is 3.36. The predicted molar refractivity (Wildman–Crippen MR) is 45.0 cm³/mol. The van der Waals surface area contributed by atoms with Crippen molar-refractivity contribution in [2.75, 3.05) is 13.1 Å². The van der Waals surface area contributed by atoms with Crippen LogP contribution in [0.15, 0.2) is 0 Å². The summed E-state index contributed by atoms with van der Waals surface area (Å²) >= 11 is 0. The molecule has 0 radical (unpaired) electrons. The van der Waals surface area contributed by atoms with Crippen LogP contribution < -0.4 is 5.32 Å². The van der Waals surface area contributed by atoms with Gasteiger partial charge in [0.25, 0.3) is 0 Å². The van der Waals surface area contributed by atoms with Gasteiger partial charge in [0, 0.05) is 0 Å². The van der Waals surface area contributed by atoms with Gasteiger partial charge in [-0.05, 0) is 44.2 Å². The Balaban J connectivity index is 1.86. The molecule has 0 aliphatic heterocycles. The van der Waals surface area contributed by atoms with Crippen molar-refractivity contribution in [1.82, 2.24) is 5.32 Å². The lowest BCUT2D eigenvalue weighted by atomic mass is 9.74. The molecule has 10 heavy (non-hydrogen) atoms. The van der Waals surface area contributed by atoms with E-state index in [2.05, 4.69) is 19.2 Å². The Morgan fingerprint density at radius 3 is 2.60 bits per heavy atom. The van der Waals surface area contributed by atoms with Crippen molar-refractivity contribution in [1.29, 1.82) is 0 Å². The minimum Gasteiger partial charge on any atom is -0.317 e. The van der Waals surface area contributed by atoms with Crippen LogP contribution in [0.1, 0.15) is 33.1 Å². The SMILES string of the molecule is CCNCCC1CC(C)C1. The lowest BCUT2D eigenvalue weighted by Gasteiger charge is -2.32. The van der Waals surface area contributed by atoms with Crippen LogP contribution in [0.4, 0.5) is 0 Å². The van der Waals surface area contributed by atoms with Gasteiger partial charge in [-0.15, -0.1) is 0 Å². The van der Waals surface area contributed by atoms with Crippen LogP contribution in [0.5, 0.6) is 0 Å². The lowest BCUT2D eigenvalue weighted by molar-refractivity contribution is 0.199. The highest BCUT2D eigenvalue weighted by Gasteiger charge is 2.23. The molecule has 1 rings (SSSR count). The minimum atomic E-state index is 1.02. The van der Waals surface area contributed by atoms with E-state index in [1.54, 1.807) is 0 Å². The number of nitrogens with one attached hydrogen (secondary N) is 1. The first-order valence-electron chi connectivity index (χ1n) is 4.53. The number of rotatable bonds is 4. The fourth-order valence-electron chi connectivity index (χ4n) is 1.79. The molecule has 1 aliphatic carbocycles. The summed E-state index contributed by atoms with van der Waals surface area (Å²) in [6.45, 7) is 6.88. The average molecular weight is 141 g/mol. The monoisotopic (exact) mass is 141 g/mol. The first kappa shape index (κ1) is 8.06. The van der Waals surface area contributed by atoms with Crippen LogP contribution in [0, 0.1) is 11.8 Å². The molecule has 0 aromatic rings. The summed E-state index contributed by atoms with van der Waals surface area (Å²) in [4.78, 5) is 0. The highest BCUT2D eigenvalue weighted by atomic mass is 14.8. The van der Waals surface area contributed by atoms with Gasteiger partial charge in [0.05, 0.1) is 0 Å². The van der Waals surface area contributed by atoms with E-state index in [-0.39, 0.29) is 0 Å². The Morgan fingerprint density at radius 1 is 1.40 bits per heavy atom. The van der Waals surface area contributed by atoms with Crippen LogP contribution >= 0.6 is 0 Å². The molecule has 1 nitrogen and oxygen atoms in total. The fourth-order valence-corrected chi connectivity index (χ4v) is 1.79. The zero-order chi connectivity index (χ0) is 7.40. The third kappa shape index (κ3) is 2.30. The largest absolute Gasteiger partial charge is 0.317 e. The van der Waals surface area contributed by atoms with Crippen LogP contribution in [-0.2, 0) is 0 Å². The number of hydrogen-bond donors (Lipinski definition) is 1. The Hall–Kier alpha value is -0.0400. The maximum atomic E-state index is 3.36. The Kier molecular flexibility index (Phi) is 3.20. The normalized spacial score (nSPS) is 31.8. The smallest absolute Gasteiger partial charge is 0.00464 e. The lowest BCUT2D eigenvalue weighted by Crippen LogP contribution is -2.25. The molecule has 1 N–H and O–H groups in total. The van der Waals surface area contributed by atoms with Gasteiger partial charge >= 0.3 is 0 Å². The first-order valence-corrected chi connectivity index (χ1v) is 4.53. The zero-order valence-electron chi connectivity index (χ0n) is 7.19. The highest BCUT2D eigenvalue weighted by Crippen LogP contribution is 2.34. The van der Waals surface area contributed by atoms with Gasteiger partial charge < -0.3 is 5.32 Å². The number of hydrogen-bond acceptors (Lipinski definition) is 1. The second-order valence-electron chi connectivity index (χ2n) is 3.58. The van der Waals surface area contributed by atoms with Crippen LogP contribution in [0.2, 0.25) is 0 Å². The van der Waals surface area contributed by atoms with Gasteiger partial charge in [-0.25, -0.2) is 0 Å². The molecule has 1 saturated carbocycles. The van der Waals surface area contributed by atoms with Gasteiger partial charge in [0.1, 0.15) is 0 Å². The van der Waals surface area contributed by atoms with E-state index in [0.717, 1.165) is 18.4 Å². The van der Waals surface area contributed by atoms with Crippen molar-refractivity contribution in [2.45, 2.75) is 33.1 Å². The second-order valence-corrected chi connectivity index (χ2v) is 3.58. The van der Waals surface area contributed by atoms with Crippen molar-refractivity contribution >= 4 is 0 Å². The Morgan fingerprint density at radius 2 is 2.10 bits per heavy atom. The van der Waals surface area contributed by atoms with Crippen molar-refractivity contribution < 1.29 is 0 Å². The molecule has 0 heterocycles. The van der Waals surface area contributed by atoms with E-state index in [1.807, 2.05) is 0 Å². The van der Waals surface area contributed by atoms with E-state index in [0.29, 0.717) is 0 Å². The summed E-state index contributed by atoms with van der Waals surface area (Å²) in [5.41, 5.74) is 0. The van der Waals surface area contributed by atoms with Gasteiger partial charge in [-0.3, -0.25) is 0 Å². The van der Waals surface area contributed by atoms with Crippen molar-refractivity contribution in [3.63, 3.8) is 0 Å². The van der Waals surface area contributed by atoms with E-state index in [1.165, 1.54) is 25.8 Å². The third-order valence-corrected chi connectivity index (χ3v) is 2.45. The molecular formula is C9H19N. The van der Waals surface area contributed by atoms with E-state index in [9.17, 15) is 0 Å². The van der Waals surface area contributed by atoms with E-state index >= 15 is 0 Å². The van der Waals surface area contributed by atoms with Crippen molar-refractivity contribution in [3.8, 4) is 0 Å². The standard InChI is InChI=1S/C9H19N/c1-3-10-5-4-9-6-8(2)7-9/h8-10H,3-7H2,1-2H3. The average Bonchev–Trinajstić information content (AvgIpc) is 1.85. The van der Waals surface area contributed by atoms with Gasteiger partial charge in [-0.2, -0.15) is 0 Å². The molecule has 0 bridgehead atoms. The summed E-state index contributed by atoms with van der Waals surface area (Å²) in [5.74, 6) is 2.07. The molecule has 60 valence electrons. The minimum absolute atomic E-state index is 1.02. The topological polar surface area (TPSA) is 12.0 Å². The summed E-state index contributed by atoms with van der Waals surface area (Å²) in [6, 6.07) is 0. The molecule has 0 aromatic heterocycles. The molecule has 0 unspecified atom stereocenters. The Labute approximate surface area is 64.2 Å². The third-order valence-electron chi connectivity index (χ3n) is 2.45. The van der Waals surface area contributed by atoms with Gasteiger partial charge in [0.2, 0.25) is 0 Å². The molecular weight excluding hydrogens is 122 g/mol. The summed E-state index contributed by atoms with van der Waals surface area (Å²) < 4.78 is 0. The zero-order valence-corrected chi connectivity index (χ0v) is 7.19. The molecule has 1 aliphatic rings. The van der Waals surface area contributed by atoms with Gasteiger partial charge in [-0.1, -0.05) is 13.8 Å². The summed E-state index contributed by atoms with van der Waals surface area (Å²) in [6.07, 6.45) is 4.36. The quantitative estimate of drug-likeness (QED) is 0.591. The Bertz CT molecular complexity index is 84.7. The van der Waals surface area contributed by atoms with Crippen LogP contribution in [0.25, 0.3) is 0 Å². The van der Waals surface area contributed by atoms with Crippen LogP contribution in [-0.4, -0.2) is 13.1 Å². The molecule has 0 amide bonds. The molecule has 0 atom stereocenters. The molecule has 1 fully saturated rings. The van der Waals surface area contributed by atoms with E-state index in [4.69, 9.17) is 0 Å². The molecule has 0 spiro atoms. The van der Waals surface area contributed by atoms with Gasteiger partial charge in [0.15, 0.2) is 0 Å². The second kappa shape index (κ2) is 3.97. The fraction of sp³-hybridized carbons (Fsp3) is 1.00. The maximum Gasteiger partial charge on any atom is -0.00464 e.